The van der Waals surface area contributed by atoms with Crippen LogP contribution in [0.15, 0.2) is 11.6 Å². The molecule has 2 atom stereocenters. The number of nitrogens with zero attached hydrogens (tertiary/aromatic N) is 2. The fourth-order valence-corrected chi connectivity index (χ4v) is 3.24. The first-order valence-electron chi connectivity index (χ1n) is 5.63. The molecule has 1 N–H and O–H groups in total. The third kappa shape index (κ3) is 2.38. The minimum atomic E-state index is 0.532. The summed E-state index contributed by atoms with van der Waals surface area (Å²) in [7, 11) is 2.21. The van der Waals surface area contributed by atoms with E-state index in [2.05, 4.69) is 34.6 Å². The number of rotatable bonds is 4. The van der Waals surface area contributed by atoms with Gasteiger partial charge in [-0.15, -0.1) is 11.3 Å². The Labute approximate surface area is 95.5 Å². The number of thiazole rings is 1. The average molecular weight is 225 g/mol. The van der Waals surface area contributed by atoms with Crippen LogP contribution in [0.2, 0.25) is 0 Å². The van der Waals surface area contributed by atoms with Crippen LogP contribution in [0, 0.1) is 5.92 Å². The van der Waals surface area contributed by atoms with Crippen molar-refractivity contribution < 1.29 is 0 Å². The van der Waals surface area contributed by atoms with Gasteiger partial charge in [0, 0.05) is 11.6 Å². The number of hydrogen-bond acceptors (Lipinski definition) is 4. The van der Waals surface area contributed by atoms with E-state index in [1.165, 1.54) is 18.0 Å². The lowest BCUT2D eigenvalue weighted by molar-refractivity contribution is 0.272. The highest BCUT2D eigenvalue weighted by atomic mass is 32.1. The van der Waals surface area contributed by atoms with Crippen molar-refractivity contribution in [2.75, 3.05) is 26.7 Å². The van der Waals surface area contributed by atoms with Gasteiger partial charge in [-0.25, -0.2) is 4.98 Å². The van der Waals surface area contributed by atoms with Gasteiger partial charge in [0.15, 0.2) is 0 Å². The van der Waals surface area contributed by atoms with Gasteiger partial charge in [0.2, 0.25) is 0 Å². The van der Waals surface area contributed by atoms with Gasteiger partial charge in [-0.05, 0) is 39.0 Å². The van der Waals surface area contributed by atoms with Crippen LogP contribution in [0.5, 0.6) is 0 Å². The number of likely N-dealkylation sites (tertiary alicyclic amines) is 1. The third-order valence-electron chi connectivity index (χ3n) is 3.13. The molecular weight excluding hydrogens is 206 g/mol. The maximum atomic E-state index is 4.46. The minimum Gasteiger partial charge on any atom is -0.317 e. The van der Waals surface area contributed by atoms with Crippen molar-refractivity contribution in [2.24, 2.45) is 5.92 Å². The van der Waals surface area contributed by atoms with Crippen molar-refractivity contribution in [3.63, 3.8) is 0 Å². The van der Waals surface area contributed by atoms with Gasteiger partial charge in [0.25, 0.3) is 0 Å². The standard InChI is InChI=1S/C11H19N3S/c1-3-12-8-9-4-6-14(2)10(9)11-13-5-7-15-11/h5,7,9-10,12H,3-4,6,8H2,1-2H3. The van der Waals surface area contributed by atoms with E-state index in [4.69, 9.17) is 0 Å². The van der Waals surface area contributed by atoms with Crippen LogP contribution < -0.4 is 5.32 Å². The summed E-state index contributed by atoms with van der Waals surface area (Å²) in [5, 5.41) is 6.80. The molecular formula is C11H19N3S. The zero-order valence-corrected chi connectivity index (χ0v) is 10.3. The Balaban J connectivity index is 2.05. The van der Waals surface area contributed by atoms with Crippen LogP contribution in [-0.2, 0) is 0 Å². The summed E-state index contributed by atoms with van der Waals surface area (Å²) in [5.41, 5.74) is 0. The van der Waals surface area contributed by atoms with Crippen molar-refractivity contribution >= 4 is 11.3 Å². The predicted molar refractivity (Wildman–Crippen MR) is 64.1 cm³/mol. The lowest BCUT2D eigenvalue weighted by Gasteiger charge is -2.23. The predicted octanol–water partition coefficient (Wildman–Crippen LogP) is 1.75. The molecule has 84 valence electrons. The maximum absolute atomic E-state index is 4.46. The molecule has 0 saturated carbocycles. The lowest BCUT2D eigenvalue weighted by Crippen LogP contribution is -2.28. The molecule has 1 aliphatic rings. The van der Waals surface area contributed by atoms with E-state index in [1.54, 1.807) is 11.3 Å². The number of hydrogen-bond donors (Lipinski definition) is 1. The highest BCUT2D eigenvalue weighted by molar-refractivity contribution is 7.09. The molecule has 1 fully saturated rings. The van der Waals surface area contributed by atoms with Gasteiger partial charge in [0.05, 0.1) is 6.04 Å². The highest BCUT2D eigenvalue weighted by Crippen LogP contribution is 2.36. The second-order valence-electron chi connectivity index (χ2n) is 4.15. The Morgan fingerprint density at radius 2 is 2.53 bits per heavy atom. The smallest absolute Gasteiger partial charge is 0.110 e. The molecule has 0 amide bonds. The van der Waals surface area contributed by atoms with Crippen LogP contribution in [-0.4, -0.2) is 36.6 Å². The Bertz CT molecular complexity index is 286. The first-order chi connectivity index (χ1) is 7.33. The Morgan fingerprint density at radius 3 is 3.20 bits per heavy atom. The van der Waals surface area contributed by atoms with Crippen LogP contribution >= 0.6 is 11.3 Å². The largest absolute Gasteiger partial charge is 0.317 e. The summed E-state index contributed by atoms with van der Waals surface area (Å²) >= 11 is 1.78. The molecule has 3 nitrogen and oxygen atoms in total. The zero-order valence-electron chi connectivity index (χ0n) is 9.44. The molecule has 0 spiro atoms. The topological polar surface area (TPSA) is 28.2 Å². The minimum absolute atomic E-state index is 0.532. The molecule has 4 heteroatoms. The second kappa shape index (κ2) is 5.05. The molecule has 0 radical (unpaired) electrons. The van der Waals surface area contributed by atoms with E-state index < -0.39 is 0 Å². The van der Waals surface area contributed by atoms with Crippen LogP contribution in [0.3, 0.4) is 0 Å². The second-order valence-corrected chi connectivity index (χ2v) is 5.08. The molecule has 0 aliphatic carbocycles. The molecule has 0 bridgehead atoms. The fourth-order valence-electron chi connectivity index (χ4n) is 2.34. The molecule has 1 saturated heterocycles. The molecule has 15 heavy (non-hydrogen) atoms. The number of aromatic nitrogens is 1. The van der Waals surface area contributed by atoms with Gasteiger partial charge in [-0.2, -0.15) is 0 Å². The van der Waals surface area contributed by atoms with Gasteiger partial charge in [-0.1, -0.05) is 6.92 Å². The Kier molecular flexibility index (Phi) is 3.72. The Hall–Kier alpha value is -0.450. The summed E-state index contributed by atoms with van der Waals surface area (Å²) in [6.07, 6.45) is 3.20. The van der Waals surface area contributed by atoms with Gasteiger partial charge in [-0.3, -0.25) is 4.90 Å². The van der Waals surface area contributed by atoms with E-state index in [-0.39, 0.29) is 0 Å². The van der Waals surface area contributed by atoms with Crippen molar-refractivity contribution in [1.82, 2.24) is 15.2 Å². The van der Waals surface area contributed by atoms with Crippen molar-refractivity contribution in [3.8, 4) is 0 Å². The van der Waals surface area contributed by atoms with Gasteiger partial charge in [0.1, 0.15) is 5.01 Å². The summed E-state index contributed by atoms with van der Waals surface area (Å²) in [4.78, 5) is 6.89. The van der Waals surface area contributed by atoms with E-state index >= 15 is 0 Å². The van der Waals surface area contributed by atoms with Gasteiger partial charge < -0.3 is 5.32 Å². The van der Waals surface area contributed by atoms with Crippen LogP contribution in [0.25, 0.3) is 0 Å². The van der Waals surface area contributed by atoms with Crippen LogP contribution in [0.1, 0.15) is 24.4 Å². The quantitative estimate of drug-likeness (QED) is 0.846. The first kappa shape index (κ1) is 11.0. The highest BCUT2D eigenvalue weighted by Gasteiger charge is 2.33. The first-order valence-corrected chi connectivity index (χ1v) is 6.51. The van der Waals surface area contributed by atoms with E-state index in [9.17, 15) is 0 Å². The molecule has 1 aliphatic heterocycles. The van der Waals surface area contributed by atoms with Crippen molar-refractivity contribution in [2.45, 2.75) is 19.4 Å². The summed E-state index contributed by atoms with van der Waals surface area (Å²) in [5.74, 6) is 0.723. The molecule has 0 aromatic carbocycles. The number of nitrogens with one attached hydrogen (secondary N) is 1. The van der Waals surface area contributed by atoms with Crippen molar-refractivity contribution in [1.29, 1.82) is 0 Å². The lowest BCUT2D eigenvalue weighted by atomic mass is 10.0. The average Bonchev–Trinajstić information content (AvgIpc) is 2.84. The monoisotopic (exact) mass is 225 g/mol. The fraction of sp³-hybridized carbons (Fsp3) is 0.727. The summed E-state index contributed by atoms with van der Waals surface area (Å²) in [6.45, 7) is 5.53. The van der Waals surface area contributed by atoms with E-state index in [1.807, 2.05) is 6.20 Å². The zero-order chi connectivity index (χ0) is 10.7. The van der Waals surface area contributed by atoms with Crippen LogP contribution in [0.4, 0.5) is 0 Å². The maximum Gasteiger partial charge on any atom is 0.110 e. The normalized spacial score (nSPS) is 27.3. The van der Waals surface area contributed by atoms with Crippen molar-refractivity contribution in [3.05, 3.63) is 16.6 Å². The SMILES string of the molecule is CCNCC1CCN(C)C1c1nccs1. The van der Waals surface area contributed by atoms with Gasteiger partial charge >= 0.3 is 0 Å². The molecule has 1 aromatic heterocycles. The molecule has 2 heterocycles. The van der Waals surface area contributed by atoms with E-state index in [0.29, 0.717) is 6.04 Å². The molecule has 1 aromatic rings. The molecule has 2 unspecified atom stereocenters. The molecule has 2 rings (SSSR count). The van der Waals surface area contributed by atoms with E-state index in [0.717, 1.165) is 19.0 Å². The summed E-state index contributed by atoms with van der Waals surface area (Å²) < 4.78 is 0. The summed E-state index contributed by atoms with van der Waals surface area (Å²) in [6, 6.07) is 0.532. The third-order valence-corrected chi connectivity index (χ3v) is 3.98. The Morgan fingerprint density at radius 1 is 1.67 bits per heavy atom.